The summed E-state index contributed by atoms with van der Waals surface area (Å²) in [6.07, 6.45) is 0.888. The molecule has 1 amide bonds. The quantitative estimate of drug-likeness (QED) is 0.863. The molecule has 6 heteroatoms. The Bertz CT molecular complexity index is 616. The molecule has 1 aromatic rings. The molecule has 0 saturated carbocycles. The number of hydrogen-bond acceptors (Lipinski definition) is 5. The number of nitrogens with zero attached hydrogens (tertiary/aromatic N) is 3. The molecule has 0 radical (unpaired) electrons. The van der Waals surface area contributed by atoms with Crippen molar-refractivity contribution in [2.24, 2.45) is 0 Å². The van der Waals surface area contributed by atoms with Crippen molar-refractivity contribution >= 4 is 17.7 Å². The minimum absolute atomic E-state index is 0.0411. The van der Waals surface area contributed by atoms with E-state index < -0.39 is 0 Å². The molecule has 2 rings (SSSR count). The average molecular weight is 318 g/mol. The van der Waals surface area contributed by atoms with E-state index in [9.17, 15) is 10.1 Å². The summed E-state index contributed by atoms with van der Waals surface area (Å²) < 4.78 is 0. The summed E-state index contributed by atoms with van der Waals surface area (Å²) in [5, 5.41) is 12.9. The summed E-state index contributed by atoms with van der Waals surface area (Å²) in [5.41, 5.74) is 2.48. The van der Waals surface area contributed by atoms with Gasteiger partial charge in [0.05, 0.1) is 11.3 Å². The summed E-state index contributed by atoms with van der Waals surface area (Å²) >= 11 is 1.33. The SMILES string of the molecule is CN1CCc2nc(SCC(=O)NC(C)(C)C)c(C#N)cc2C1. The van der Waals surface area contributed by atoms with Gasteiger partial charge in [0, 0.05) is 30.7 Å². The standard InChI is InChI=1S/C16H22N4OS/c1-16(2,3)19-14(21)10-22-15-11(8-17)7-12-9-20(4)6-5-13(12)18-15/h7H,5-6,9-10H2,1-4H3,(H,19,21). The van der Waals surface area contributed by atoms with Crippen molar-refractivity contribution in [3.8, 4) is 6.07 Å². The molecule has 1 aliphatic rings. The van der Waals surface area contributed by atoms with Gasteiger partial charge >= 0.3 is 0 Å². The minimum atomic E-state index is -0.246. The highest BCUT2D eigenvalue weighted by atomic mass is 32.2. The van der Waals surface area contributed by atoms with Gasteiger partial charge in [-0.1, -0.05) is 11.8 Å². The number of nitrogens with one attached hydrogen (secondary N) is 1. The van der Waals surface area contributed by atoms with E-state index in [1.165, 1.54) is 11.8 Å². The number of likely N-dealkylation sites (N-methyl/N-ethyl adjacent to an activating group) is 1. The van der Waals surface area contributed by atoms with Crippen molar-refractivity contribution in [1.29, 1.82) is 5.26 Å². The highest BCUT2D eigenvalue weighted by Gasteiger charge is 2.19. The molecule has 22 heavy (non-hydrogen) atoms. The van der Waals surface area contributed by atoms with Gasteiger partial charge in [-0.3, -0.25) is 4.79 Å². The van der Waals surface area contributed by atoms with Crippen molar-refractivity contribution < 1.29 is 4.79 Å². The van der Waals surface area contributed by atoms with Crippen LogP contribution in [0.1, 0.15) is 37.6 Å². The van der Waals surface area contributed by atoms with Crippen LogP contribution in [0.2, 0.25) is 0 Å². The molecule has 0 unspecified atom stereocenters. The van der Waals surface area contributed by atoms with Crippen molar-refractivity contribution in [1.82, 2.24) is 15.2 Å². The van der Waals surface area contributed by atoms with Crippen LogP contribution in [0.4, 0.5) is 0 Å². The summed E-state index contributed by atoms with van der Waals surface area (Å²) in [7, 11) is 2.06. The first-order valence-electron chi connectivity index (χ1n) is 7.34. The van der Waals surface area contributed by atoms with Gasteiger partial charge in [-0.15, -0.1) is 0 Å². The molecule has 0 spiro atoms. The normalized spacial score (nSPS) is 15.0. The molecule has 0 aliphatic carbocycles. The predicted octanol–water partition coefficient (Wildman–Crippen LogP) is 1.95. The molecule has 5 nitrogen and oxygen atoms in total. The zero-order valence-electron chi connectivity index (χ0n) is 13.6. The first-order chi connectivity index (χ1) is 10.3. The zero-order chi connectivity index (χ0) is 16.3. The molecule has 1 aromatic heterocycles. The second-order valence-corrected chi connectivity index (χ2v) is 7.60. The van der Waals surface area contributed by atoms with Crippen LogP contribution in [0.15, 0.2) is 11.1 Å². The molecule has 1 aliphatic heterocycles. The topological polar surface area (TPSA) is 69.0 Å². The van der Waals surface area contributed by atoms with Crippen LogP contribution in [0.3, 0.4) is 0 Å². The van der Waals surface area contributed by atoms with Crippen LogP contribution >= 0.6 is 11.8 Å². The fourth-order valence-electron chi connectivity index (χ4n) is 2.37. The first kappa shape index (κ1) is 16.8. The van der Waals surface area contributed by atoms with Gasteiger partial charge in [0.2, 0.25) is 5.91 Å². The Hall–Kier alpha value is -1.58. The molecule has 0 aromatic carbocycles. The van der Waals surface area contributed by atoms with Gasteiger partial charge in [0.1, 0.15) is 11.1 Å². The lowest BCUT2D eigenvalue weighted by Gasteiger charge is -2.25. The molecule has 0 bridgehead atoms. The summed E-state index contributed by atoms with van der Waals surface area (Å²) in [4.78, 5) is 18.8. The Morgan fingerprint density at radius 2 is 2.27 bits per heavy atom. The minimum Gasteiger partial charge on any atom is -0.351 e. The third-order valence-electron chi connectivity index (χ3n) is 3.30. The highest BCUT2D eigenvalue weighted by Crippen LogP contribution is 2.25. The van der Waals surface area contributed by atoms with Crippen LogP contribution in [0.5, 0.6) is 0 Å². The average Bonchev–Trinajstić information content (AvgIpc) is 2.42. The maximum atomic E-state index is 11.9. The molecule has 118 valence electrons. The number of hydrogen-bond donors (Lipinski definition) is 1. The number of nitriles is 1. The Morgan fingerprint density at radius 1 is 1.55 bits per heavy atom. The number of rotatable bonds is 3. The smallest absolute Gasteiger partial charge is 0.230 e. The summed E-state index contributed by atoms with van der Waals surface area (Å²) in [5.74, 6) is 0.234. The van der Waals surface area contributed by atoms with E-state index in [4.69, 9.17) is 0 Å². The van der Waals surface area contributed by atoms with Crippen LogP contribution in [0, 0.1) is 11.3 Å². The van der Waals surface area contributed by atoms with Gasteiger partial charge in [-0.2, -0.15) is 5.26 Å². The monoisotopic (exact) mass is 318 g/mol. The van der Waals surface area contributed by atoms with Crippen molar-refractivity contribution in [3.63, 3.8) is 0 Å². The number of thioether (sulfide) groups is 1. The molecule has 2 heterocycles. The molecule has 1 N–H and O–H groups in total. The molecule has 0 saturated heterocycles. The lowest BCUT2D eigenvalue weighted by Crippen LogP contribution is -2.41. The van der Waals surface area contributed by atoms with Crippen LogP contribution < -0.4 is 5.32 Å². The van der Waals surface area contributed by atoms with E-state index in [1.807, 2.05) is 26.8 Å². The van der Waals surface area contributed by atoms with Crippen molar-refractivity contribution in [2.45, 2.75) is 44.3 Å². The van der Waals surface area contributed by atoms with Gasteiger partial charge in [-0.25, -0.2) is 4.98 Å². The van der Waals surface area contributed by atoms with E-state index in [0.29, 0.717) is 10.6 Å². The van der Waals surface area contributed by atoms with E-state index >= 15 is 0 Å². The number of amides is 1. The van der Waals surface area contributed by atoms with Gasteiger partial charge < -0.3 is 10.2 Å². The predicted molar refractivity (Wildman–Crippen MR) is 87.6 cm³/mol. The van der Waals surface area contributed by atoms with Gasteiger partial charge in [-0.05, 0) is 39.4 Å². The van der Waals surface area contributed by atoms with Gasteiger partial charge in [0.25, 0.3) is 0 Å². The maximum absolute atomic E-state index is 11.9. The van der Waals surface area contributed by atoms with E-state index in [0.717, 1.165) is 30.8 Å². The van der Waals surface area contributed by atoms with E-state index in [2.05, 4.69) is 28.3 Å². The largest absolute Gasteiger partial charge is 0.351 e. The Labute approximate surface area is 136 Å². The lowest BCUT2D eigenvalue weighted by atomic mass is 10.0. The number of fused-ring (bicyclic) bond motifs is 1. The third kappa shape index (κ3) is 4.46. The van der Waals surface area contributed by atoms with Gasteiger partial charge in [0.15, 0.2) is 0 Å². The van der Waals surface area contributed by atoms with Crippen LogP contribution in [-0.4, -0.2) is 40.7 Å². The van der Waals surface area contributed by atoms with Crippen LogP contribution in [-0.2, 0) is 17.8 Å². The first-order valence-corrected chi connectivity index (χ1v) is 8.32. The number of carbonyl (C=O) groups is 1. The number of pyridine rings is 1. The van der Waals surface area contributed by atoms with E-state index in [-0.39, 0.29) is 17.2 Å². The Balaban J connectivity index is 2.11. The van der Waals surface area contributed by atoms with Crippen LogP contribution in [0.25, 0.3) is 0 Å². The van der Waals surface area contributed by atoms with Crippen molar-refractivity contribution in [3.05, 3.63) is 22.9 Å². The third-order valence-corrected chi connectivity index (χ3v) is 4.29. The second kappa shape index (κ2) is 6.67. The molecule has 0 atom stereocenters. The molecular weight excluding hydrogens is 296 g/mol. The Morgan fingerprint density at radius 3 is 2.91 bits per heavy atom. The maximum Gasteiger partial charge on any atom is 0.230 e. The summed E-state index contributed by atoms with van der Waals surface area (Å²) in [6.45, 7) is 7.64. The Kier molecular flexibility index (Phi) is 5.09. The fraction of sp³-hybridized carbons (Fsp3) is 0.562. The fourth-order valence-corrected chi connectivity index (χ4v) is 3.15. The second-order valence-electron chi connectivity index (χ2n) is 6.63. The molecule has 0 fully saturated rings. The number of carbonyl (C=O) groups excluding carboxylic acids is 1. The molecular formula is C16H22N4OS. The summed E-state index contributed by atoms with van der Waals surface area (Å²) in [6, 6.07) is 4.12. The lowest BCUT2D eigenvalue weighted by molar-refractivity contribution is -0.119. The highest BCUT2D eigenvalue weighted by molar-refractivity contribution is 8.00. The van der Waals surface area contributed by atoms with E-state index in [1.54, 1.807) is 0 Å². The zero-order valence-corrected chi connectivity index (χ0v) is 14.4. The van der Waals surface area contributed by atoms with Crippen molar-refractivity contribution in [2.75, 3.05) is 19.3 Å². The number of aromatic nitrogens is 1.